The van der Waals surface area contributed by atoms with Crippen molar-refractivity contribution in [2.45, 2.75) is 24.8 Å². The SMILES string of the molecule is CCOc1ccc(S(=O)(=O)N2CCN(C(=O)c3cnn(CCC(=O)O)c3)CC2)cc1. The summed E-state index contributed by atoms with van der Waals surface area (Å²) in [5, 5.41) is 12.7. The van der Waals surface area contributed by atoms with E-state index in [1.165, 1.54) is 33.5 Å². The minimum atomic E-state index is -3.65. The number of hydrogen-bond donors (Lipinski definition) is 1. The first-order valence-electron chi connectivity index (χ1n) is 9.58. The Morgan fingerprint density at radius 1 is 1.13 bits per heavy atom. The second kappa shape index (κ2) is 9.26. The molecule has 1 aromatic heterocycles. The molecule has 1 aliphatic heterocycles. The molecule has 1 aromatic carbocycles. The molecule has 1 aliphatic rings. The number of carbonyl (C=O) groups is 2. The lowest BCUT2D eigenvalue weighted by atomic mass is 10.2. The van der Waals surface area contributed by atoms with Gasteiger partial charge in [0, 0.05) is 32.4 Å². The molecule has 0 spiro atoms. The molecule has 162 valence electrons. The van der Waals surface area contributed by atoms with Crippen LogP contribution < -0.4 is 4.74 Å². The average Bonchev–Trinajstić information content (AvgIpc) is 3.21. The number of carbonyl (C=O) groups excluding carboxylic acids is 1. The van der Waals surface area contributed by atoms with Gasteiger partial charge in [0.2, 0.25) is 10.0 Å². The third-order valence-electron chi connectivity index (χ3n) is 4.73. The number of aromatic nitrogens is 2. The fourth-order valence-corrected chi connectivity index (χ4v) is 4.57. The van der Waals surface area contributed by atoms with Gasteiger partial charge >= 0.3 is 5.97 Å². The van der Waals surface area contributed by atoms with Crippen LogP contribution >= 0.6 is 0 Å². The van der Waals surface area contributed by atoms with E-state index in [4.69, 9.17) is 9.84 Å². The highest BCUT2D eigenvalue weighted by atomic mass is 32.2. The summed E-state index contributed by atoms with van der Waals surface area (Å²) in [6, 6.07) is 6.28. The van der Waals surface area contributed by atoms with Crippen LogP contribution in [0.4, 0.5) is 0 Å². The maximum Gasteiger partial charge on any atom is 0.305 e. The summed E-state index contributed by atoms with van der Waals surface area (Å²) in [5.74, 6) is -0.589. The van der Waals surface area contributed by atoms with Crippen LogP contribution in [0.5, 0.6) is 5.75 Å². The molecule has 1 amide bonds. The topological polar surface area (TPSA) is 122 Å². The monoisotopic (exact) mass is 436 g/mol. The number of aryl methyl sites for hydroxylation is 1. The molecule has 1 saturated heterocycles. The van der Waals surface area contributed by atoms with Crippen LogP contribution in [0.15, 0.2) is 41.6 Å². The Bertz CT molecular complexity index is 994. The van der Waals surface area contributed by atoms with E-state index in [0.29, 0.717) is 17.9 Å². The zero-order valence-electron chi connectivity index (χ0n) is 16.6. The van der Waals surface area contributed by atoms with Gasteiger partial charge in [-0.1, -0.05) is 0 Å². The number of carboxylic acid groups (broad SMARTS) is 1. The van der Waals surface area contributed by atoms with E-state index < -0.39 is 16.0 Å². The first-order chi connectivity index (χ1) is 14.3. The molecule has 0 atom stereocenters. The summed E-state index contributed by atoms with van der Waals surface area (Å²) >= 11 is 0. The minimum Gasteiger partial charge on any atom is -0.494 e. The maximum absolute atomic E-state index is 12.9. The summed E-state index contributed by atoms with van der Waals surface area (Å²) in [4.78, 5) is 25.1. The zero-order valence-corrected chi connectivity index (χ0v) is 17.4. The molecule has 2 heterocycles. The van der Waals surface area contributed by atoms with E-state index in [0.717, 1.165) is 0 Å². The lowest BCUT2D eigenvalue weighted by Crippen LogP contribution is -2.50. The standard InChI is InChI=1S/C19H24N4O6S/c1-2-29-16-3-5-17(6-4-16)30(27,28)23-11-9-21(10-12-23)19(26)15-13-20-22(14-15)8-7-18(24)25/h3-6,13-14H,2,7-12H2,1H3,(H,24,25). The molecule has 1 fully saturated rings. The van der Waals surface area contributed by atoms with Crippen molar-refractivity contribution in [3.63, 3.8) is 0 Å². The van der Waals surface area contributed by atoms with Gasteiger partial charge < -0.3 is 14.7 Å². The first-order valence-corrected chi connectivity index (χ1v) is 11.0. The molecule has 0 radical (unpaired) electrons. The van der Waals surface area contributed by atoms with Crippen molar-refractivity contribution in [2.24, 2.45) is 0 Å². The van der Waals surface area contributed by atoms with E-state index in [-0.39, 0.29) is 49.9 Å². The number of ether oxygens (including phenoxy) is 1. The van der Waals surface area contributed by atoms with Gasteiger partial charge in [-0.25, -0.2) is 8.42 Å². The molecule has 30 heavy (non-hydrogen) atoms. The lowest BCUT2D eigenvalue weighted by Gasteiger charge is -2.33. The largest absolute Gasteiger partial charge is 0.494 e. The van der Waals surface area contributed by atoms with Crippen molar-refractivity contribution in [3.8, 4) is 5.75 Å². The van der Waals surface area contributed by atoms with Gasteiger partial charge in [-0.3, -0.25) is 14.3 Å². The molecule has 0 saturated carbocycles. The van der Waals surface area contributed by atoms with Crippen LogP contribution in [-0.2, 0) is 21.4 Å². The Balaban J connectivity index is 1.59. The molecular weight excluding hydrogens is 412 g/mol. The number of carboxylic acids is 1. The fourth-order valence-electron chi connectivity index (χ4n) is 3.14. The van der Waals surface area contributed by atoms with Gasteiger partial charge in [-0.2, -0.15) is 9.40 Å². The minimum absolute atomic E-state index is 0.0859. The van der Waals surface area contributed by atoms with Crippen molar-refractivity contribution in [2.75, 3.05) is 32.8 Å². The predicted molar refractivity (Wildman–Crippen MR) is 107 cm³/mol. The molecular formula is C19H24N4O6S. The molecule has 2 aromatic rings. The molecule has 1 N–H and O–H groups in total. The first kappa shape index (κ1) is 21.8. The van der Waals surface area contributed by atoms with Crippen molar-refractivity contribution >= 4 is 21.9 Å². The fraction of sp³-hybridized carbons (Fsp3) is 0.421. The third-order valence-corrected chi connectivity index (χ3v) is 6.65. The Morgan fingerprint density at radius 3 is 2.40 bits per heavy atom. The van der Waals surface area contributed by atoms with Gasteiger partial charge in [-0.15, -0.1) is 0 Å². The summed E-state index contributed by atoms with van der Waals surface area (Å²) in [7, 11) is -3.65. The molecule has 3 rings (SSSR count). The second-order valence-corrected chi connectivity index (χ2v) is 8.67. The number of hydrogen-bond acceptors (Lipinski definition) is 6. The predicted octanol–water partition coefficient (Wildman–Crippen LogP) is 0.903. The highest BCUT2D eigenvalue weighted by Crippen LogP contribution is 2.21. The Morgan fingerprint density at radius 2 is 1.80 bits per heavy atom. The van der Waals surface area contributed by atoms with Crippen molar-refractivity contribution in [3.05, 3.63) is 42.2 Å². The lowest BCUT2D eigenvalue weighted by molar-refractivity contribution is -0.137. The van der Waals surface area contributed by atoms with Crippen molar-refractivity contribution in [1.82, 2.24) is 19.0 Å². The van der Waals surface area contributed by atoms with E-state index >= 15 is 0 Å². The van der Waals surface area contributed by atoms with Crippen molar-refractivity contribution in [1.29, 1.82) is 0 Å². The number of benzene rings is 1. The van der Waals surface area contributed by atoms with E-state index in [1.807, 2.05) is 6.92 Å². The number of amides is 1. The molecule has 0 unspecified atom stereocenters. The van der Waals surface area contributed by atoms with Crippen LogP contribution in [-0.4, -0.2) is 77.2 Å². The van der Waals surface area contributed by atoms with Crippen LogP contribution in [0, 0.1) is 0 Å². The smallest absolute Gasteiger partial charge is 0.305 e. The number of sulfonamides is 1. The van der Waals surface area contributed by atoms with Gasteiger partial charge in [0.1, 0.15) is 5.75 Å². The van der Waals surface area contributed by atoms with E-state index in [9.17, 15) is 18.0 Å². The molecule has 0 bridgehead atoms. The van der Waals surface area contributed by atoms with Crippen LogP contribution in [0.25, 0.3) is 0 Å². The number of piperazine rings is 1. The number of aliphatic carboxylic acids is 1. The highest BCUT2D eigenvalue weighted by Gasteiger charge is 2.30. The quantitative estimate of drug-likeness (QED) is 0.652. The molecule has 10 nitrogen and oxygen atoms in total. The second-order valence-electron chi connectivity index (χ2n) is 6.74. The van der Waals surface area contributed by atoms with Crippen LogP contribution in [0.3, 0.4) is 0 Å². The van der Waals surface area contributed by atoms with Gasteiger partial charge in [-0.05, 0) is 31.2 Å². The van der Waals surface area contributed by atoms with Gasteiger partial charge in [0.15, 0.2) is 0 Å². The zero-order chi connectivity index (χ0) is 21.7. The van der Waals surface area contributed by atoms with Gasteiger partial charge in [0.25, 0.3) is 5.91 Å². The Kier molecular flexibility index (Phi) is 6.73. The maximum atomic E-state index is 12.9. The normalized spacial score (nSPS) is 15.2. The highest BCUT2D eigenvalue weighted by molar-refractivity contribution is 7.89. The molecule has 11 heteroatoms. The number of rotatable bonds is 8. The number of nitrogens with zero attached hydrogens (tertiary/aromatic N) is 4. The van der Waals surface area contributed by atoms with Gasteiger partial charge in [0.05, 0.1) is 36.2 Å². The molecule has 0 aliphatic carbocycles. The summed E-state index contributed by atoms with van der Waals surface area (Å²) in [5.41, 5.74) is 0.350. The van der Waals surface area contributed by atoms with E-state index in [1.54, 1.807) is 17.0 Å². The average molecular weight is 436 g/mol. The Hall–Kier alpha value is -2.92. The van der Waals surface area contributed by atoms with E-state index in [2.05, 4.69) is 5.10 Å². The third kappa shape index (κ3) is 4.97. The van der Waals surface area contributed by atoms with Crippen LogP contribution in [0.2, 0.25) is 0 Å². The Labute approximate surface area is 174 Å². The summed E-state index contributed by atoms with van der Waals surface area (Å²) in [6.07, 6.45) is 2.82. The van der Waals surface area contributed by atoms with Crippen molar-refractivity contribution < 1.29 is 27.9 Å². The summed E-state index contributed by atoms with van der Waals surface area (Å²) < 4.78 is 33.8. The van der Waals surface area contributed by atoms with Crippen LogP contribution in [0.1, 0.15) is 23.7 Å². The summed E-state index contributed by atoms with van der Waals surface area (Å²) in [6.45, 7) is 3.43.